The molecule has 0 bridgehead atoms. The first kappa shape index (κ1) is 16.3. The van der Waals surface area contributed by atoms with Crippen LogP contribution in [0.2, 0.25) is 0 Å². The normalized spacial score (nSPS) is 11.2. The van der Waals surface area contributed by atoms with Gasteiger partial charge in [-0.25, -0.2) is 0 Å². The van der Waals surface area contributed by atoms with Gasteiger partial charge in [-0.3, -0.25) is 0 Å². The highest BCUT2D eigenvalue weighted by atomic mass is 79.9. The Labute approximate surface area is 150 Å². The molecule has 0 aliphatic carbocycles. The van der Waals surface area contributed by atoms with Crippen molar-refractivity contribution in [2.24, 2.45) is 0 Å². The standard InChI is InChI=1S/C21H17BrO2/c1-23-18-13-11-17(12-14-18)19(16-7-3-2-4-8-16)15-24-21-10-6-5-9-20(21)22/h2-15H,1H3/b19-15+. The average molecular weight is 381 g/mol. The molecule has 3 heteroatoms. The molecule has 3 aromatic carbocycles. The monoisotopic (exact) mass is 380 g/mol. The fraction of sp³-hybridized carbons (Fsp3) is 0.0476. The Bertz CT molecular complexity index is 824. The lowest BCUT2D eigenvalue weighted by molar-refractivity contribution is 0.415. The molecular weight excluding hydrogens is 364 g/mol. The predicted molar refractivity (Wildman–Crippen MR) is 101 cm³/mol. The van der Waals surface area contributed by atoms with E-state index in [9.17, 15) is 0 Å². The summed E-state index contributed by atoms with van der Waals surface area (Å²) in [6.45, 7) is 0. The first-order valence-electron chi connectivity index (χ1n) is 7.59. The van der Waals surface area contributed by atoms with E-state index >= 15 is 0 Å². The number of rotatable bonds is 5. The van der Waals surface area contributed by atoms with Crippen molar-refractivity contribution < 1.29 is 9.47 Å². The van der Waals surface area contributed by atoms with Crippen LogP contribution < -0.4 is 9.47 Å². The van der Waals surface area contributed by atoms with Gasteiger partial charge in [-0.05, 0) is 51.3 Å². The van der Waals surface area contributed by atoms with E-state index in [-0.39, 0.29) is 0 Å². The maximum Gasteiger partial charge on any atom is 0.140 e. The first-order chi connectivity index (χ1) is 11.8. The number of ether oxygens (including phenoxy) is 2. The van der Waals surface area contributed by atoms with Crippen LogP contribution in [0.1, 0.15) is 11.1 Å². The summed E-state index contributed by atoms with van der Waals surface area (Å²) >= 11 is 3.51. The third kappa shape index (κ3) is 3.87. The fourth-order valence-corrected chi connectivity index (χ4v) is 2.73. The quantitative estimate of drug-likeness (QED) is 0.511. The second-order valence-corrected chi connectivity index (χ2v) is 6.03. The zero-order valence-electron chi connectivity index (χ0n) is 13.3. The molecular formula is C21H17BrO2. The summed E-state index contributed by atoms with van der Waals surface area (Å²) < 4.78 is 12.1. The Kier molecular flexibility index (Phi) is 5.34. The van der Waals surface area contributed by atoms with Crippen LogP contribution in [0.5, 0.6) is 11.5 Å². The molecule has 2 nitrogen and oxygen atoms in total. The molecule has 120 valence electrons. The third-order valence-electron chi connectivity index (χ3n) is 3.63. The van der Waals surface area contributed by atoms with Crippen LogP contribution in [-0.4, -0.2) is 7.11 Å². The van der Waals surface area contributed by atoms with Crippen molar-refractivity contribution in [3.05, 3.63) is 101 Å². The van der Waals surface area contributed by atoms with Crippen molar-refractivity contribution in [1.82, 2.24) is 0 Å². The highest BCUT2D eigenvalue weighted by Gasteiger charge is 2.07. The molecule has 0 aliphatic rings. The molecule has 0 heterocycles. The maximum atomic E-state index is 5.92. The van der Waals surface area contributed by atoms with Crippen molar-refractivity contribution in [2.75, 3.05) is 7.11 Å². The first-order valence-corrected chi connectivity index (χ1v) is 8.38. The molecule has 0 fully saturated rings. The Hall–Kier alpha value is -2.52. The zero-order chi connectivity index (χ0) is 16.8. The predicted octanol–water partition coefficient (Wildman–Crippen LogP) is 5.93. The van der Waals surface area contributed by atoms with Crippen LogP contribution in [0.4, 0.5) is 0 Å². The summed E-state index contributed by atoms with van der Waals surface area (Å²) in [7, 11) is 1.67. The van der Waals surface area contributed by atoms with Gasteiger partial charge in [0.05, 0.1) is 17.8 Å². The molecule has 0 saturated carbocycles. The molecule has 24 heavy (non-hydrogen) atoms. The summed E-state index contributed by atoms with van der Waals surface area (Å²) in [5.74, 6) is 1.61. The Balaban J connectivity index is 1.98. The van der Waals surface area contributed by atoms with Gasteiger partial charge in [-0.2, -0.15) is 0 Å². The number of methoxy groups -OCH3 is 1. The number of benzene rings is 3. The second-order valence-electron chi connectivity index (χ2n) is 5.17. The third-order valence-corrected chi connectivity index (χ3v) is 4.28. The van der Waals surface area contributed by atoms with Crippen LogP contribution >= 0.6 is 15.9 Å². The Morgan fingerprint density at radius 1 is 0.792 bits per heavy atom. The minimum absolute atomic E-state index is 0.777. The Morgan fingerprint density at radius 2 is 1.42 bits per heavy atom. The molecule has 3 rings (SSSR count). The lowest BCUT2D eigenvalue weighted by Gasteiger charge is -2.11. The van der Waals surface area contributed by atoms with E-state index in [0.29, 0.717) is 0 Å². The van der Waals surface area contributed by atoms with E-state index < -0.39 is 0 Å². The van der Waals surface area contributed by atoms with Crippen molar-refractivity contribution in [1.29, 1.82) is 0 Å². The number of para-hydroxylation sites is 1. The van der Waals surface area contributed by atoms with Gasteiger partial charge in [0.25, 0.3) is 0 Å². The van der Waals surface area contributed by atoms with Crippen molar-refractivity contribution in [3.8, 4) is 11.5 Å². The van der Waals surface area contributed by atoms with Gasteiger partial charge < -0.3 is 9.47 Å². The van der Waals surface area contributed by atoms with E-state index in [1.165, 1.54) is 0 Å². The van der Waals surface area contributed by atoms with Crippen LogP contribution in [0, 0.1) is 0 Å². The van der Waals surface area contributed by atoms with E-state index in [0.717, 1.165) is 32.7 Å². The van der Waals surface area contributed by atoms with E-state index in [1.807, 2.05) is 66.7 Å². The lowest BCUT2D eigenvalue weighted by Crippen LogP contribution is -1.93. The maximum absolute atomic E-state index is 5.92. The van der Waals surface area contributed by atoms with Gasteiger partial charge in [0, 0.05) is 5.57 Å². The lowest BCUT2D eigenvalue weighted by atomic mass is 9.99. The van der Waals surface area contributed by atoms with Gasteiger partial charge >= 0.3 is 0 Å². The topological polar surface area (TPSA) is 18.5 Å². The molecule has 0 unspecified atom stereocenters. The van der Waals surface area contributed by atoms with Crippen LogP contribution in [-0.2, 0) is 0 Å². The number of hydrogen-bond donors (Lipinski definition) is 0. The Morgan fingerprint density at radius 3 is 2.08 bits per heavy atom. The fourth-order valence-electron chi connectivity index (χ4n) is 2.35. The molecule has 0 amide bonds. The van der Waals surface area contributed by atoms with Crippen LogP contribution in [0.3, 0.4) is 0 Å². The molecule has 0 aliphatic heterocycles. The minimum Gasteiger partial charge on any atom is -0.497 e. The summed E-state index contributed by atoms with van der Waals surface area (Å²) in [5.41, 5.74) is 3.16. The van der Waals surface area contributed by atoms with Gasteiger partial charge in [-0.1, -0.05) is 54.6 Å². The molecule has 0 N–H and O–H groups in total. The highest BCUT2D eigenvalue weighted by Crippen LogP contribution is 2.28. The van der Waals surface area contributed by atoms with Gasteiger partial charge in [0.2, 0.25) is 0 Å². The second kappa shape index (κ2) is 7.84. The average Bonchev–Trinajstić information content (AvgIpc) is 2.65. The zero-order valence-corrected chi connectivity index (χ0v) is 14.9. The summed E-state index contributed by atoms with van der Waals surface area (Å²) in [5, 5.41) is 0. The number of hydrogen-bond acceptors (Lipinski definition) is 2. The van der Waals surface area contributed by atoms with E-state index in [2.05, 4.69) is 28.1 Å². The SMILES string of the molecule is COc1ccc(/C(=C/Oc2ccccc2Br)c2ccccc2)cc1. The molecule has 0 spiro atoms. The molecule has 0 aromatic heterocycles. The molecule has 3 aromatic rings. The number of halogens is 1. The van der Waals surface area contributed by atoms with Crippen LogP contribution in [0.25, 0.3) is 5.57 Å². The highest BCUT2D eigenvalue weighted by molar-refractivity contribution is 9.10. The van der Waals surface area contributed by atoms with Gasteiger partial charge in [0.15, 0.2) is 0 Å². The van der Waals surface area contributed by atoms with Crippen LogP contribution in [0.15, 0.2) is 89.6 Å². The van der Waals surface area contributed by atoms with Gasteiger partial charge in [-0.15, -0.1) is 0 Å². The smallest absolute Gasteiger partial charge is 0.140 e. The van der Waals surface area contributed by atoms with Crippen molar-refractivity contribution >= 4 is 21.5 Å². The molecule has 0 atom stereocenters. The van der Waals surface area contributed by atoms with Crippen molar-refractivity contribution in [2.45, 2.75) is 0 Å². The summed E-state index contributed by atoms with van der Waals surface area (Å²) in [4.78, 5) is 0. The summed E-state index contributed by atoms with van der Waals surface area (Å²) in [6.07, 6.45) is 1.79. The minimum atomic E-state index is 0.777. The molecule has 0 radical (unpaired) electrons. The largest absolute Gasteiger partial charge is 0.497 e. The van der Waals surface area contributed by atoms with E-state index in [1.54, 1.807) is 13.4 Å². The molecule has 0 saturated heterocycles. The van der Waals surface area contributed by atoms with E-state index in [4.69, 9.17) is 9.47 Å². The summed E-state index contributed by atoms with van der Waals surface area (Å²) in [6, 6.07) is 25.9. The van der Waals surface area contributed by atoms with Crippen molar-refractivity contribution in [3.63, 3.8) is 0 Å². The van der Waals surface area contributed by atoms with Gasteiger partial charge in [0.1, 0.15) is 11.5 Å².